The van der Waals surface area contributed by atoms with E-state index in [1.165, 1.54) is 0 Å². The number of carbonyl (C=O) groups is 1. The third kappa shape index (κ3) is 3.36. The second kappa shape index (κ2) is 5.91. The fourth-order valence-electron chi connectivity index (χ4n) is 1.55. The fourth-order valence-corrected chi connectivity index (χ4v) is 1.93. The Bertz CT molecular complexity index is 409. The molecule has 0 heterocycles. The Morgan fingerprint density at radius 2 is 2.24 bits per heavy atom. The summed E-state index contributed by atoms with van der Waals surface area (Å²) in [4.78, 5) is 13.6. The van der Waals surface area contributed by atoms with Crippen molar-refractivity contribution in [2.24, 2.45) is 0 Å². The van der Waals surface area contributed by atoms with Crippen LogP contribution in [0.3, 0.4) is 0 Å². The molecule has 0 saturated heterocycles. The number of anilines is 2. The standard InChI is InChI=1S/C12H18BrN3O/c1-4-15-12(17)8(2)16(3)11-6-5-9(13)7-10(11)14/h5-8H,4,14H2,1-3H3,(H,15,17). The quantitative estimate of drug-likeness (QED) is 0.836. The van der Waals surface area contributed by atoms with Gasteiger partial charge in [-0.25, -0.2) is 0 Å². The predicted molar refractivity (Wildman–Crippen MR) is 75.1 cm³/mol. The number of hydrogen-bond acceptors (Lipinski definition) is 3. The van der Waals surface area contributed by atoms with E-state index in [4.69, 9.17) is 5.73 Å². The van der Waals surface area contributed by atoms with Crippen molar-refractivity contribution in [3.8, 4) is 0 Å². The van der Waals surface area contributed by atoms with Crippen molar-refractivity contribution in [2.75, 3.05) is 24.2 Å². The molecule has 1 aromatic carbocycles. The fraction of sp³-hybridized carbons (Fsp3) is 0.417. The molecule has 0 aliphatic carbocycles. The van der Waals surface area contributed by atoms with Gasteiger partial charge in [-0.15, -0.1) is 0 Å². The van der Waals surface area contributed by atoms with E-state index in [2.05, 4.69) is 21.2 Å². The molecule has 0 spiro atoms. The smallest absolute Gasteiger partial charge is 0.242 e. The lowest BCUT2D eigenvalue weighted by Crippen LogP contribution is -2.43. The minimum Gasteiger partial charge on any atom is -0.397 e. The van der Waals surface area contributed by atoms with E-state index >= 15 is 0 Å². The van der Waals surface area contributed by atoms with E-state index in [-0.39, 0.29) is 11.9 Å². The summed E-state index contributed by atoms with van der Waals surface area (Å²) in [5, 5.41) is 2.80. The van der Waals surface area contributed by atoms with Crippen molar-refractivity contribution in [2.45, 2.75) is 19.9 Å². The molecular weight excluding hydrogens is 282 g/mol. The Hall–Kier alpha value is -1.23. The summed E-state index contributed by atoms with van der Waals surface area (Å²) in [5.74, 6) is -0.00248. The zero-order valence-electron chi connectivity index (χ0n) is 10.3. The average molecular weight is 300 g/mol. The van der Waals surface area contributed by atoms with Crippen LogP contribution in [0.1, 0.15) is 13.8 Å². The second-order valence-corrected chi connectivity index (χ2v) is 4.80. The van der Waals surface area contributed by atoms with Gasteiger partial charge in [0.25, 0.3) is 0 Å². The molecule has 1 unspecified atom stereocenters. The minimum atomic E-state index is -0.251. The molecule has 3 N–H and O–H groups in total. The number of hydrogen-bond donors (Lipinski definition) is 2. The van der Waals surface area contributed by atoms with Gasteiger partial charge in [0.05, 0.1) is 11.4 Å². The van der Waals surface area contributed by atoms with Gasteiger partial charge in [-0.05, 0) is 32.0 Å². The maximum Gasteiger partial charge on any atom is 0.242 e. The van der Waals surface area contributed by atoms with E-state index in [0.717, 1.165) is 10.2 Å². The van der Waals surface area contributed by atoms with Crippen molar-refractivity contribution in [3.63, 3.8) is 0 Å². The lowest BCUT2D eigenvalue weighted by molar-refractivity contribution is -0.121. The predicted octanol–water partition coefficient (Wildman–Crippen LogP) is 1.99. The zero-order chi connectivity index (χ0) is 13.0. The number of nitrogen functional groups attached to an aromatic ring is 1. The molecule has 1 amide bonds. The molecule has 94 valence electrons. The molecule has 4 nitrogen and oxygen atoms in total. The normalized spacial score (nSPS) is 12.0. The van der Waals surface area contributed by atoms with Crippen LogP contribution in [0.4, 0.5) is 11.4 Å². The molecule has 5 heteroatoms. The zero-order valence-corrected chi connectivity index (χ0v) is 11.9. The summed E-state index contributed by atoms with van der Waals surface area (Å²) in [6.07, 6.45) is 0. The van der Waals surface area contributed by atoms with Crippen molar-refractivity contribution < 1.29 is 4.79 Å². The molecule has 0 aliphatic heterocycles. The molecular formula is C12H18BrN3O. The number of nitrogens with two attached hydrogens (primary N) is 1. The Kier molecular flexibility index (Phi) is 4.81. The third-order valence-corrected chi connectivity index (χ3v) is 3.17. The van der Waals surface area contributed by atoms with Crippen LogP contribution in [-0.2, 0) is 4.79 Å². The van der Waals surface area contributed by atoms with Crippen LogP contribution >= 0.6 is 15.9 Å². The number of carbonyl (C=O) groups excluding carboxylic acids is 1. The molecule has 0 aromatic heterocycles. The summed E-state index contributed by atoms with van der Waals surface area (Å²) in [7, 11) is 1.86. The van der Waals surface area contributed by atoms with Crippen LogP contribution in [0, 0.1) is 0 Å². The number of halogens is 1. The number of amides is 1. The number of rotatable bonds is 4. The highest BCUT2D eigenvalue weighted by molar-refractivity contribution is 9.10. The number of nitrogens with one attached hydrogen (secondary N) is 1. The van der Waals surface area contributed by atoms with Crippen LogP contribution < -0.4 is 16.0 Å². The van der Waals surface area contributed by atoms with E-state index in [9.17, 15) is 4.79 Å². The first-order valence-corrected chi connectivity index (χ1v) is 6.32. The highest BCUT2D eigenvalue weighted by Gasteiger charge is 2.19. The van der Waals surface area contributed by atoms with Gasteiger partial charge in [0, 0.05) is 18.1 Å². The molecule has 17 heavy (non-hydrogen) atoms. The summed E-state index contributed by atoms with van der Waals surface area (Å²) >= 11 is 3.36. The van der Waals surface area contributed by atoms with Crippen LogP contribution in [0.2, 0.25) is 0 Å². The minimum absolute atomic E-state index is 0.00248. The SMILES string of the molecule is CCNC(=O)C(C)N(C)c1ccc(Br)cc1N. The maximum absolute atomic E-state index is 11.7. The largest absolute Gasteiger partial charge is 0.397 e. The summed E-state index contributed by atoms with van der Waals surface area (Å²) in [6.45, 7) is 4.39. The van der Waals surface area contributed by atoms with Gasteiger partial charge in [-0.3, -0.25) is 4.79 Å². The molecule has 0 aliphatic rings. The first-order valence-electron chi connectivity index (χ1n) is 5.53. The van der Waals surface area contributed by atoms with E-state index in [1.807, 2.05) is 44.0 Å². The maximum atomic E-state index is 11.7. The number of likely N-dealkylation sites (N-methyl/N-ethyl adjacent to an activating group) is 2. The van der Waals surface area contributed by atoms with Crippen molar-refractivity contribution >= 4 is 33.2 Å². The van der Waals surface area contributed by atoms with Crippen molar-refractivity contribution in [3.05, 3.63) is 22.7 Å². The van der Waals surface area contributed by atoms with Gasteiger partial charge in [-0.1, -0.05) is 15.9 Å². The van der Waals surface area contributed by atoms with Crippen LogP contribution in [0.5, 0.6) is 0 Å². The highest BCUT2D eigenvalue weighted by atomic mass is 79.9. The summed E-state index contributed by atoms with van der Waals surface area (Å²) < 4.78 is 0.929. The van der Waals surface area contributed by atoms with Crippen molar-refractivity contribution in [1.82, 2.24) is 5.32 Å². The molecule has 0 radical (unpaired) electrons. The summed E-state index contributed by atoms with van der Waals surface area (Å²) in [6, 6.07) is 5.39. The van der Waals surface area contributed by atoms with E-state index < -0.39 is 0 Å². The van der Waals surface area contributed by atoms with E-state index in [1.54, 1.807) is 0 Å². The lowest BCUT2D eigenvalue weighted by atomic mass is 10.2. The Morgan fingerprint density at radius 3 is 2.76 bits per heavy atom. The number of benzene rings is 1. The lowest BCUT2D eigenvalue weighted by Gasteiger charge is -2.27. The molecule has 0 fully saturated rings. The molecule has 0 bridgehead atoms. The Morgan fingerprint density at radius 1 is 1.59 bits per heavy atom. The molecule has 1 atom stereocenters. The second-order valence-electron chi connectivity index (χ2n) is 3.88. The van der Waals surface area contributed by atoms with Gasteiger partial charge in [-0.2, -0.15) is 0 Å². The molecule has 1 aromatic rings. The van der Waals surface area contributed by atoms with Gasteiger partial charge >= 0.3 is 0 Å². The van der Waals surface area contributed by atoms with Crippen molar-refractivity contribution in [1.29, 1.82) is 0 Å². The van der Waals surface area contributed by atoms with Crippen LogP contribution in [-0.4, -0.2) is 25.5 Å². The third-order valence-electron chi connectivity index (χ3n) is 2.68. The highest BCUT2D eigenvalue weighted by Crippen LogP contribution is 2.27. The van der Waals surface area contributed by atoms with Gasteiger partial charge in [0.15, 0.2) is 0 Å². The van der Waals surface area contributed by atoms with Gasteiger partial charge in [0.2, 0.25) is 5.91 Å². The average Bonchev–Trinajstić information content (AvgIpc) is 2.27. The first-order chi connectivity index (χ1) is 7.97. The molecule has 0 saturated carbocycles. The van der Waals surface area contributed by atoms with Crippen LogP contribution in [0.15, 0.2) is 22.7 Å². The number of nitrogens with zero attached hydrogens (tertiary/aromatic N) is 1. The van der Waals surface area contributed by atoms with E-state index in [0.29, 0.717) is 12.2 Å². The van der Waals surface area contributed by atoms with Gasteiger partial charge < -0.3 is 16.0 Å². The van der Waals surface area contributed by atoms with Gasteiger partial charge in [0.1, 0.15) is 6.04 Å². The Balaban J connectivity index is 2.88. The monoisotopic (exact) mass is 299 g/mol. The summed E-state index contributed by atoms with van der Waals surface area (Å²) in [5.41, 5.74) is 7.44. The Labute approximate surface area is 110 Å². The topological polar surface area (TPSA) is 58.4 Å². The first kappa shape index (κ1) is 13.8. The molecule has 1 rings (SSSR count). The van der Waals surface area contributed by atoms with Crippen LogP contribution in [0.25, 0.3) is 0 Å².